The molecule has 234 valence electrons. The second-order valence-electron chi connectivity index (χ2n) is 13.0. The number of benzene rings is 8. The zero-order valence-corrected chi connectivity index (χ0v) is 29.5. The van der Waals surface area contributed by atoms with Crippen LogP contribution in [0.4, 0.5) is 0 Å². The zero-order valence-electron chi connectivity index (χ0n) is 27.3. The lowest BCUT2D eigenvalue weighted by Crippen LogP contribution is -1.95. The average molecular weight is 740 g/mol. The Balaban J connectivity index is 1.27. The maximum Gasteiger partial charge on any atom is 0.0723 e. The van der Waals surface area contributed by atoms with Crippen LogP contribution < -0.4 is 0 Å². The van der Waals surface area contributed by atoms with Gasteiger partial charge in [-0.25, -0.2) is 0 Å². The zero-order chi connectivity index (χ0) is 32.9. The highest BCUT2D eigenvalue weighted by Gasteiger charge is 2.20. The van der Waals surface area contributed by atoms with Gasteiger partial charge in [0.1, 0.15) is 0 Å². The van der Waals surface area contributed by atoms with E-state index in [0.29, 0.717) is 3.92 Å². The number of halogens is 1. The molecule has 9 rings (SSSR count). The minimum absolute atomic E-state index is 0.543. The van der Waals surface area contributed by atoms with Gasteiger partial charge in [-0.05, 0) is 101 Å². The normalized spacial score (nSPS) is 13.2. The summed E-state index contributed by atoms with van der Waals surface area (Å²) in [5, 5.41) is 10.2. The fraction of sp³-hybridized carbons (Fsp3) is 0.0851. The first-order chi connectivity index (χ1) is 24.2. The number of alkyl halides is 1. The third-order valence-corrected chi connectivity index (χ3v) is 11.5. The maximum atomic E-state index is 4.54. The Hall–Kier alpha value is -5.06. The number of rotatable bonds is 7. The van der Waals surface area contributed by atoms with Crippen LogP contribution >= 0.6 is 22.6 Å². The van der Waals surface area contributed by atoms with Crippen molar-refractivity contribution in [2.45, 2.75) is 23.7 Å². The van der Waals surface area contributed by atoms with Crippen LogP contribution in [0.5, 0.6) is 0 Å². The number of hydrogen-bond donors (Lipinski definition) is 0. The van der Waals surface area contributed by atoms with E-state index in [0.717, 1.165) is 5.70 Å². The van der Waals surface area contributed by atoms with Crippen LogP contribution in [0.1, 0.15) is 34.8 Å². The summed E-state index contributed by atoms with van der Waals surface area (Å²) in [4.78, 5) is 4.54. The Bertz CT molecular complexity index is 2590. The molecule has 0 aromatic heterocycles. The summed E-state index contributed by atoms with van der Waals surface area (Å²) in [6.45, 7) is 2.26. The molecule has 0 spiro atoms. The largest absolute Gasteiger partial charge is 0.256 e. The van der Waals surface area contributed by atoms with Crippen molar-refractivity contribution in [3.05, 3.63) is 163 Å². The summed E-state index contributed by atoms with van der Waals surface area (Å²) in [7, 11) is 0. The van der Waals surface area contributed by atoms with Gasteiger partial charge in [-0.1, -0.05) is 175 Å². The Kier molecular flexibility index (Phi) is 7.62. The van der Waals surface area contributed by atoms with Gasteiger partial charge in [0.05, 0.1) is 5.70 Å². The molecule has 1 heterocycles. The van der Waals surface area contributed by atoms with E-state index in [1.165, 1.54) is 100 Å². The molecule has 0 fully saturated rings. The predicted octanol–water partition coefficient (Wildman–Crippen LogP) is 14.0. The van der Waals surface area contributed by atoms with E-state index in [4.69, 9.17) is 0 Å². The quantitative estimate of drug-likeness (QED) is 0.0877. The topological polar surface area (TPSA) is 12.4 Å². The summed E-state index contributed by atoms with van der Waals surface area (Å²) in [6.07, 6.45) is 6.36. The molecule has 1 atom stereocenters. The van der Waals surface area contributed by atoms with Crippen LogP contribution in [0, 0.1) is 0 Å². The van der Waals surface area contributed by atoms with Crippen molar-refractivity contribution < 1.29 is 0 Å². The first-order valence-corrected chi connectivity index (χ1v) is 18.4. The molecule has 1 unspecified atom stereocenters. The van der Waals surface area contributed by atoms with Crippen LogP contribution in [0.15, 0.2) is 157 Å². The molecular formula is C47H34IN. The molecule has 0 saturated carbocycles. The lowest BCUT2D eigenvalue weighted by Gasteiger charge is -2.20. The van der Waals surface area contributed by atoms with Gasteiger partial charge >= 0.3 is 0 Å². The van der Waals surface area contributed by atoms with E-state index in [9.17, 15) is 0 Å². The van der Waals surface area contributed by atoms with Crippen LogP contribution in [-0.2, 0) is 0 Å². The monoisotopic (exact) mass is 739 g/mol. The van der Waals surface area contributed by atoms with Gasteiger partial charge in [0.15, 0.2) is 0 Å². The van der Waals surface area contributed by atoms with Crippen LogP contribution in [0.2, 0.25) is 0 Å². The molecule has 0 N–H and O–H groups in total. The van der Waals surface area contributed by atoms with Gasteiger partial charge in [0.2, 0.25) is 0 Å². The summed E-state index contributed by atoms with van der Waals surface area (Å²) in [6, 6.07) is 54.2. The summed E-state index contributed by atoms with van der Waals surface area (Å²) < 4.78 is 0.543. The van der Waals surface area contributed by atoms with Crippen molar-refractivity contribution in [1.29, 1.82) is 0 Å². The molecular weight excluding hydrogens is 705 g/mol. The van der Waals surface area contributed by atoms with E-state index < -0.39 is 0 Å². The molecule has 49 heavy (non-hydrogen) atoms. The minimum Gasteiger partial charge on any atom is -0.256 e. The molecule has 0 aliphatic carbocycles. The average Bonchev–Trinajstić information content (AvgIpc) is 3.12. The highest BCUT2D eigenvalue weighted by molar-refractivity contribution is 14.1. The number of nitrogens with zero attached hydrogens (tertiary/aromatic N) is 1. The van der Waals surface area contributed by atoms with Gasteiger partial charge in [-0.15, -0.1) is 0 Å². The smallest absolute Gasteiger partial charge is 0.0723 e. The molecule has 0 saturated heterocycles. The molecule has 8 aromatic carbocycles. The third-order valence-electron chi connectivity index (χ3n) is 10.1. The number of hydrogen-bond acceptors (Lipinski definition) is 1. The van der Waals surface area contributed by atoms with Crippen molar-refractivity contribution >= 4 is 77.6 Å². The SMILES string of the molecule is CCCC(I)c1ccc2cc(-c3c4ccccc4c(-c4cccc5c(-c6ccccc6C6=CC=N6)cccc45)c4ccccc34)ccc2c1. The Labute approximate surface area is 300 Å². The number of allylic oxidation sites excluding steroid dienone is 1. The molecule has 0 amide bonds. The van der Waals surface area contributed by atoms with Crippen LogP contribution in [0.3, 0.4) is 0 Å². The van der Waals surface area contributed by atoms with Crippen molar-refractivity contribution in [2.75, 3.05) is 0 Å². The third kappa shape index (κ3) is 5.09. The van der Waals surface area contributed by atoms with Gasteiger partial charge in [0, 0.05) is 15.7 Å². The molecule has 1 aliphatic rings. The van der Waals surface area contributed by atoms with Gasteiger partial charge in [-0.3, -0.25) is 4.99 Å². The van der Waals surface area contributed by atoms with Crippen LogP contribution in [0.25, 0.3) is 82.2 Å². The van der Waals surface area contributed by atoms with E-state index in [1.54, 1.807) is 0 Å². The predicted molar refractivity (Wildman–Crippen MR) is 221 cm³/mol. The molecule has 1 nitrogen and oxygen atoms in total. The first kappa shape index (κ1) is 30.0. The van der Waals surface area contributed by atoms with E-state index in [2.05, 4.69) is 186 Å². The van der Waals surface area contributed by atoms with Crippen molar-refractivity contribution in [1.82, 2.24) is 0 Å². The standard InChI is InChI=1S/C47H34IN/c1-2-11-44(48)32-24-22-31-29-33(25-23-30(31)28-32)46-40-14-5-7-16-42(40)47(43-17-8-6-15-41(43)46)39-21-10-19-35-34(18-9-20-37(35)39)36-12-3-4-13-38(36)45-26-27-49-45/h3-10,12-29,44H,2,11H2,1H3. The molecule has 0 radical (unpaired) electrons. The maximum absolute atomic E-state index is 4.54. The van der Waals surface area contributed by atoms with Gasteiger partial charge < -0.3 is 0 Å². The Morgan fingerprint density at radius 3 is 1.69 bits per heavy atom. The first-order valence-electron chi connectivity index (χ1n) is 17.2. The fourth-order valence-corrected chi connectivity index (χ4v) is 8.79. The Morgan fingerprint density at radius 2 is 1.04 bits per heavy atom. The fourth-order valence-electron chi connectivity index (χ4n) is 7.78. The molecule has 1 aliphatic heterocycles. The molecule has 8 aromatic rings. The second-order valence-corrected chi connectivity index (χ2v) is 14.5. The summed E-state index contributed by atoms with van der Waals surface area (Å²) in [5.41, 5.74) is 11.1. The summed E-state index contributed by atoms with van der Waals surface area (Å²) >= 11 is 2.59. The second kappa shape index (κ2) is 12.4. The van der Waals surface area contributed by atoms with E-state index >= 15 is 0 Å². The number of aliphatic imine (C=N–C) groups is 1. The minimum atomic E-state index is 0.543. The Morgan fingerprint density at radius 1 is 0.510 bits per heavy atom. The highest BCUT2D eigenvalue weighted by Crippen LogP contribution is 2.47. The van der Waals surface area contributed by atoms with E-state index in [1.807, 2.05) is 6.21 Å². The lowest BCUT2D eigenvalue weighted by molar-refractivity contribution is 0.800. The molecule has 0 bridgehead atoms. The van der Waals surface area contributed by atoms with Crippen LogP contribution in [-0.4, -0.2) is 6.21 Å². The van der Waals surface area contributed by atoms with Gasteiger partial charge in [-0.2, -0.15) is 0 Å². The lowest BCUT2D eigenvalue weighted by atomic mass is 9.83. The van der Waals surface area contributed by atoms with Crippen molar-refractivity contribution in [3.8, 4) is 33.4 Å². The van der Waals surface area contributed by atoms with Crippen molar-refractivity contribution in [3.63, 3.8) is 0 Å². The summed E-state index contributed by atoms with van der Waals surface area (Å²) in [5.74, 6) is 0. The molecule has 2 heteroatoms. The highest BCUT2D eigenvalue weighted by atomic mass is 127. The van der Waals surface area contributed by atoms with Gasteiger partial charge in [0.25, 0.3) is 0 Å². The van der Waals surface area contributed by atoms with Crippen molar-refractivity contribution in [2.24, 2.45) is 4.99 Å². The number of fused-ring (bicyclic) bond motifs is 4. The van der Waals surface area contributed by atoms with E-state index in [-0.39, 0.29) is 0 Å².